The minimum absolute atomic E-state index is 0.0441. The Kier molecular flexibility index (Phi) is 9.34. The number of aromatic nitrogens is 1. The van der Waals surface area contributed by atoms with Crippen molar-refractivity contribution in [3.63, 3.8) is 0 Å². The molecule has 0 aliphatic carbocycles. The van der Waals surface area contributed by atoms with E-state index in [1.165, 1.54) is 19.4 Å². The van der Waals surface area contributed by atoms with Crippen LogP contribution in [0.15, 0.2) is 12.3 Å². The minimum atomic E-state index is -1.58. The van der Waals surface area contributed by atoms with Gasteiger partial charge in [-0.15, -0.1) is 0 Å². The summed E-state index contributed by atoms with van der Waals surface area (Å²) in [6, 6.07) is -0.129. The van der Waals surface area contributed by atoms with Crippen molar-refractivity contribution in [1.29, 1.82) is 0 Å². The van der Waals surface area contributed by atoms with Crippen LogP contribution in [0.1, 0.15) is 38.2 Å². The molecule has 1 aliphatic rings. The zero-order valence-electron chi connectivity index (χ0n) is 19.6. The van der Waals surface area contributed by atoms with Gasteiger partial charge in [0.15, 0.2) is 29.4 Å². The molecule has 2 heterocycles. The molecule has 0 saturated carbocycles. The number of esters is 4. The van der Waals surface area contributed by atoms with Crippen LogP contribution in [0.5, 0.6) is 11.5 Å². The van der Waals surface area contributed by atoms with E-state index in [1.54, 1.807) is 0 Å². The molecule has 192 valence electrons. The van der Waals surface area contributed by atoms with Crippen molar-refractivity contribution in [3.05, 3.63) is 18.0 Å². The highest BCUT2D eigenvalue weighted by atomic mass is 16.7. The van der Waals surface area contributed by atoms with Gasteiger partial charge in [-0.25, -0.2) is 4.98 Å². The van der Waals surface area contributed by atoms with Crippen molar-refractivity contribution in [2.75, 3.05) is 13.7 Å². The summed E-state index contributed by atoms with van der Waals surface area (Å²) in [5.74, 6) is -4.74. The zero-order valence-corrected chi connectivity index (χ0v) is 19.6. The Morgan fingerprint density at radius 1 is 0.971 bits per heavy atom. The predicted molar refractivity (Wildman–Crippen MR) is 112 cm³/mol. The first-order valence-corrected chi connectivity index (χ1v) is 10.3. The lowest BCUT2D eigenvalue weighted by Gasteiger charge is -2.44. The molecular formula is C21H26N2O12. The molecule has 5 atom stereocenters. The second-order valence-corrected chi connectivity index (χ2v) is 7.31. The lowest BCUT2D eigenvalue weighted by atomic mass is 9.95. The van der Waals surface area contributed by atoms with Gasteiger partial charge in [-0.2, -0.15) is 0 Å². The predicted octanol–water partition coefficient (Wildman–Crippen LogP) is -0.391. The van der Waals surface area contributed by atoms with E-state index in [0.717, 1.165) is 27.7 Å². The Hall–Kier alpha value is -3.94. The maximum atomic E-state index is 13.0. The first-order valence-electron chi connectivity index (χ1n) is 10.3. The van der Waals surface area contributed by atoms with Crippen molar-refractivity contribution in [1.82, 2.24) is 10.3 Å². The Balaban J connectivity index is 2.50. The van der Waals surface area contributed by atoms with E-state index in [9.17, 15) is 29.1 Å². The first kappa shape index (κ1) is 27.3. The molecule has 0 bridgehead atoms. The lowest BCUT2D eigenvalue weighted by molar-refractivity contribution is -0.270. The van der Waals surface area contributed by atoms with Crippen LogP contribution in [0.3, 0.4) is 0 Å². The number of pyridine rings is 1. The minimum Gasteiger partial charge on any atom is -0.503 e. The van der Waals surface area contributed by atoms with E-state index in [4.69, 9.17) is 28.4 Å². The van der Waals surface area contributed by atoms with Gasteiger partial charge in [0.2, 0.25) is 6.29 Å². The van der Waals surface area contributed by atoms with E-state index in [0.29, 0.717) is 0 Å². The van der Waals surface area contributed by atoms with Crippen LogP contribution in [-0.4, -0.2) is 84.2 Å². The highest BCUT2D eigenvalue weighted by Gasteiger charge is 2.52. The lowest BCUT2D eigenvalue weighted by Crippen LogP contribution is -2.67. The number of hydrogen-bond acceptors (Lipinski definition) is 13. The van der Waals surface area contributed by atoms with Crippen LogP contribution in [0.2, 0.25) is 0 Å². The molecule has 1 aromatic heterocycles. The fourth-order valence-corrected chi connectivity index (χ4v) is 3.31. The molecule has 0 unspecified atom stereocenters. The highest BCUT2D eigenvalue weighted by molar-refractivity contribution is 5.95. The quantitative estimate of drug-likeness (QED) is 0.349. The Morgan fingerprint density at radius 2 is 1.57 bits per heavy atom. The zero-order chi connectivity index (χ0) is 26.3. The summed E-state index contributed by atoms with van der Waals surface area (Å²) in [7, 11) is 1.27. The van der Waals surface area contributed by atoms with Crippen LogP contribution in [0, 0.1) is 0 Å². The van der Waals surface area contributed by atoms with Crippen molar-refractivity contribution < 1.29 is 57.5 Å². The number of ether oxygens (including phenoxy) is 6. The molecule has 1 fully saturated rings. The molecule has 0 spiro atoms. The molecule has 1 amide bonds. The van der Waals surface area contributed by atoms with Gasteiger partial charge in [-0.3, -0.25) is 24.0 Å². The van der Waals surface area contributed by atoms with Crippen LogP contribution in [0.25, 0.3) is 0 Å². The number of methoxy groups -OCH3 is 1. The maximum absolute atomic E-state index is 13.0. The Morgan fingerprint density at radius 3 is 2.11 bits per heavy atom. The third-order valence-corrected chi connectivity index (χ3v) is 4.60. The third kappa shape index (κ3) is 7.27. The average Bonchev–Trinajstić information content (AvgIpc) is 2.75. The van der Waals surface area contributed by atoms with Crippen LogP contribution < -0.4 is 10.1 Å². The largest absolute Gasteiger partial charge is 0.503 e. The molecule has 1 aliphatic heterocycles. The van der Waals surface area contributed by atoms with Crippen LogP contribution in [-0.2, 0) is 42.9 Å². The Labute approximate surface area is 199 Å². The molecule has 2 rings (SSSR count). The van der Waals surface area contributed by atoms with Crippen molar-refractivity contribution in [2.45, 2.75) is 58.3 Å². The highest BCUT2D eigenvalue weighted by Crippen LogP contribution is 2.30. The van der Waals surface area contributed by atoms with E-state index < -0.39 is 78.5 Å². The normalized spacial score (nSPS) is 23.4. The number of amides is 1. The smallest absolute Gasteiger partial charge is 0.305 e. The van der Waals surface area contributed by atoms with Crippen LogP contribution >= 0.6 is 0 Å². The number of carbonyl (C=O) groups excluding carboxylic acids is 5. The molecule has 1 aromatic rings. The maximum Gasteiger partial charge on any atom is 0.305 e. The summed E-state index contributed by atoms with van der Waals surface area (Å²) in [4.78, 5) is 63.6. The monoisotopic (exact) mass is 498 g/mol. The standard InChI is InChI=1S/C21H26N2O12/c1-9(24)31-8-14-18(32-10(2)25)19(33-11(3)26)16(21(35-14)34-12(4)27)23-20(29)15-17(28)13(30-5)6-7-22-15/h6-7,14,16,18-19,21,28H,8H2,1-5H3,(H,23,29)/t14-,16-,18-,19-,21+/m1/s1. The molecule has 0 aromatic carbocycles. The summed E-state index contributed by atoms with van der Waals surface area (Å²) in [6.45, 7) is 3.89. The van der Waals surface area contributed by atoms with Gasteiger partial charge in [0.1, 0.15) is 18.8 Å². The summed E-state index contributed by atoms with van der Waals surface area (Å²) in [5, 5.41) is 12.7. The fraction of sp³-hybridized carbons (Fsp3) is 0.524. The van der Waals surface area contributed by atoms with Gasteiger partial charge < -0.3 is 38.8 Å². The number of hydrogen-bond donors (Lipinski definition) is 2. The number of aromatic hydroxyl groups is 1. The van der Waals surface area contributed by atoms with Gasteiger partial charge in [-0.05, 0) is 0 Å². The summed E-state index contributed by atoms with van der Waals surface area (Å²) in [5.41, 5.74) is -0.460. The van der Waals surface area contributed by atoms with E-state index in [1.807, 2.05) is 0 Å². The van der Waals surface area contributed by atoms with E-state index in [-0.39, 0.29) is 5.75 Å². The van der Waals surface area contributed by atoms with Gasteiger partial charge in [0.25, 0.3) is 5.91 Å². The van der Waals surface area contributed by atoms with Gasteiger partial charge in [0.05, 0.1) is 7.11 Å². The molecule has 2 N–H and O–H groups in total. The Bertz CT molecular complexity index is 981. The number of carbonyl (C=O) groups is 5. The summed E-state index contributed by atoms with van der Waals surface area (Å²) >= 11 is 0. The van der Waals surface area contributed by atoms with Gasteiger partial charge in [0, 0.05) is 40.0 Å². The van der Waals surface area contributed by atoms with Crippen LogP contribution in [0.4, 0.5) is 0 Å². The summed E-state index contributed by atoms with van der Waals surface area (Å²) in [6.07, 6.45) is -4.48. The molecular weight excluding hydrogens is 472 g/mol. The molecule has 35 heavy (non-hydrogen) atoms. The molecule has 1 saturated heterocycles. The fourth-order valence-electron chi connectivity index (χ4n) is 3.31. The number of nitrogens with one attached hydrogen (secondary N) is 1. The van der Waals surface area contributed by atoms with E-state index >= 15 is 0 Å². The van der Waals surface area contributed by atoms with Gasteiger partial charge in [-0.1, -0.05) is 0 Å². The second kappa shape index (κ2) is 12.0. The second-order valence-electron chi connectivity index (χ2n) is 7.31. The SMILES string of the molecule is COc1ccnc(C(=O)N[C@H]2[C@@H](OC(C)=O)O[C@H](COC(C)=O)[C@@H](OC(C)=O)[C@@H]2OC(C)=O)c1O. The summed E-state index contributed by atoms with van der Waals surface area (Å²) < 4.78 is 31.4. The first-order chi connectivity index (χ1) is 16.4. The number of nitrogens with zero attached hydrogens (tertiary/aromatic N) is 1. The third-order valence-electron chi connectivity index (χ3n) is 4.60. The molecule has 14 nitrogen and oxygen atoms in total. The average molecular weight is 498 g/mol. The number of rotatable bonds is 8. The van der Waals surface area contributed by atoms with E-state index in [2.05, 4.69) is 10.3 Å². The van der Waals surface area contributed by atoms with Gasteiger partial charge >= 0.3 is 23.9 Å². The van der Waals surface area contributed by atoms with Crippen molar-refractivity contribution in [3.8, 4) is 11.5 Å². The molecule has 0 radical (unpaired) electrons. The van der Waals surface area contributed by atoms with Crippen molar-refractivity contribution >= 4 is 29.8 Å². The van der Waals surface area contributed by atoms with Crippen molar-refractivity contribution in [2.24, 2.45) is 0 Å². The molecule has 14 heteroatoms. The topological polar surface area (TPSA) is 186 Å².